The molecule has 0 bridgehead atoms. The van der Waals surface area contributed by atoms with E-state index in [1.165, 1.54) is 12.3 Å². The number of carbonyl (C=O) groups is 1. The number of hydrogen-bond acceptors (Lipinski definition) is 5. The Morgan fingerprint density at radius 3 is 2.89 bits per heavy atom. The summed E-state index contributed by atoms with van der Waals surface area (Å²) in [5.41, 5.74) is -0.199. The molecule has 0 saturated carbocycles. The van der Waals surface area contributed by atoms with Crippen LogP contribution in [-0.4, -0.2) is 29.6 Å². The molecule has 0 amide bonds. The van der Waals surface area contributed by atoms with Crippen LogP contribution in [0, 0.1) is 0 Å². The second-order valence-corrected chi connectivity index (χ2v) is 5.12. The van der Waals surface area contributed by atoms with Gasteiger partial charge in [-0.25, -0.2) is 17.9 Å². The molecule has 0 unspecified atom stereocenters. The van der Waals surface area contributed by atoms with Crippen molar-refractivity contribution in [1.82, 2.24) is 14.9 Å². The van der Waals surface area contributed by atoms with Crippen LogP contribution in [0.15, 0.2) is 33.9 Å². The molecule has 9 heteroatoms. The number of aromatic carboxylic acids is 1. The van der Waals surface area contributed by atoms with Crippen LogP contribution in [0.2, 0.25) is 0 Å². The number of H-pyrrole nitrogens is 1. The van der Waals surface area contributed by atoms with Crippen molar-refractivity contribution in [1.29, 1.82) is 0 Å². The molecule has 0 spiro atoms. The number of sulfonamides is 1. The number of hydrogen-bond donors (Lipinski definition) is 3. The van der Waals surface area contributed by atoms with E-state index < -0.39 is 16.0 Å². The third-order valence-electron chi connectivity index (χ3n) is 2.12. The van der Waals surface area contributed by atoms with E-state index >= 15 is 0 Å². The highest BCUT2D eigenvalue weighted by molar-refractivity contribution is 7.89. The number of rotatable bonds is 5. The molecule has 0 fully saturated rings. The maximum atomic E-state index is 11.8. The molecule has 8 nitrogen and oxygen atoms in total. The molecule has 0 atom stereocenters. The molecule has 0 aliphatic rings. The molecule has 96 valence electrons. The van der Waals surface area contributed by atoms with E-state index in [0.717, 1.165) is 12.3 Å². The van der Waals surface area contributed by atoms with Crippen LogP contribution in [0.3, 0.4) is 0 Å². The van der Waals surface area contributed by atoms with Crippen LogP contribution in [0.25, 0.3) is 0 Å². The van der Waals surface area contributed by atoms with Crippen molar-refractivity contribution in [3.63, 3.8) is 0 Å². The van der Waals surface area contributed by atoms with Gasteiger partial charge in [0, 0.05) is 12.3 Å². The largest absolute Gasteiger partial charge is 0.477 e. The van der Waals surface area contributed by atoms with Crippen molar-refractivity contribution in [2.24, 2.45) is 0 Å². The molecule has 2 rings (SSSR count). The van der Waals surface area contributed by atoms with E-state index in [4.69, 9.17) is 9.63 Å². The Labute approximate surface area is 102 Å². The van der Waals surface area contributed by atoms with Crippen molar-refractivity contribution in [3.05, 3.63) is 36.0 Å². The van der Waals surface area contributed by atoms with Gasteiger partial charge in [-0.3, -0.25) is 0 Å². The normalized spacial score (nSPS) is 11.6. The fourth-order valence-electron chi connectivity index (χ4n) is 1.24. The summed E-state index contributed by atoms with van der Waals surface area (Å²) in [5, 5.41) is 12.1. The Hall–Kier alpha value is -2.13. The molecule has 0 radical (unpaired) electrons. The van der Waals surface area contributed by atoms with Crippen LogP contribution in [-0.2, 0) is 16.6 Å². The predicted molar refractivity (Wildman–Crippen MR) is 58.3 cm³/mol. The molecule has 2 heterocycles. The quantitative estimate of drug-likeness (QED) is 0.712. The van der Waals surface area contributed by atoms with Crippen LogP contribution < -0.4 is 4.72 Å². The van der Waals surface area contributed by atoms with Gasteiger partial charge in [-0.05, 0) is 6.07 Å². The van der Waals surface area contributed by atoms with Gasteiger partial charge in [0.2, 0.25) is 10.0 Å². The van der Waals surface area contributed by atoms with Crippen LogP contribution >= 0.6 is 0 Å². The minimum Gasteiger partial charge on any atom is -0.477 e. The maximum Gasteiger partial charge on any atom is 0.352 e. The zero-order valence-corrected chi connectivity index (χ0v) is 9.77. The zero-order chi connectivity index (χ0) is 13.2. The predicted octanol–water partition coefficient (Wildman–Crippen LogP) is 0.179. The van der Waals surface area contributed by atoms with E-state index in [1.54, 1.807) is 0 Å². The number of aromatic nitrogens is 2. The van der Waals surface area contributed by atoms with Crippen LogP contribution in [0.1, 0.15) is 16.2 Å². The van der Waals surface area contributed by atoms with Gasteiger partial charge in [0.15, 0.2) is 5.76 Å². The lowest BCUT2D eigenvalue weighted by atomic mass is 10.4. The van der Waals surface area contributed by atoms with Gasteiger partial charge >= 0.3 is 5.97 Å². The summed E-state index contributed by atoms with van der Waals surface area (Å²) < 4.78 is 30.5. The van der Waals surface area contributed by atoms with E-state index in [0.29, 0.717) is 5.76 Å². The second-order valence-electron chi connectivity index (χ2n) is 3.36. The van der Waals surface area contributed by atoms with Crippen molar-refractivity contribution in [2.75, 3.05) is 0 Å². The average molecular weight is 271 g/mol. The first-order valence-electron chi connectivity index (χ1n) is 4.80. The monoisotopic (exact) mass is 271 g/mol. The number of nitrogens with one attached hydrogen (secondary N) is 2. The Kier molecular flexibility index (Phi) is 3.17. The van der Waals surface area contributed by atoms with Crippen LogP contribution in [0.4, 0.5) is 0 Å². The van der Waals surface area contributed by atoms with Gasteiger partial charge in [0.05, 0.1) is 12.7 Å². The minimum atomic E-state index is -3.78. The van der Waals surface area contributed by atoms with Gasteiger partial charge < -0.3 is 14.6 Å². The average Bonchev–Trinajstić information content (AvgIpc) is 2.98. The first kappa shape index (κ1) is 12.3. The summed E-state index contributed by atoms with van der Waals surface area (Å²) in [6.07, 6.45) is 2.49. The molecule has 0 aromatic carbocycles. The van der Waals surface area contributed by atoms with Crippen molar-refractivity contribution >= 4 is 16.0 Å². The molecule has 0 aliphatic carbocycles. The number of carboxylic acid groups (broad SMARTS) is 1. The fraction of sp³-hybridized carbons (Fsp3) is 0.111. The standard InChI is InChI=1S/C9H9N3O5S/c13-9(14)8-3-7(5-10-8)18(15,16)12-4-6-1-2-11-17-6/h1-3,5,10,12H,4H2,(H,13,14). The lowest BCUT2D eigenvalue weighted by Crippen LogP contribution is -2.22. The second kappa shape index (κ2) is 4.63. The molecular weight excluding hydrogens is 262 g/mol. The number of nitrogens with zero attached hydrogens (tertiary/aromatic N) is 1. The summed E-state index contributed by atoms with van der Waals surface area (Å²) in [5.74, 6) is -0.876. The van der Waals surface area contributed by atoms with Crippen molar-refractivity contribution < 1.29 is 22.8 Å². The topological polar surface area (TPSA) is 125 Å². The summed E-state index contributed by atoms with van der Waals surface area (Å²) in [7, 11) is -3.78. The van der Waals surface area contributed by atoms with Crippen molar-refractivity contribution in [3.8, 4) is 0 Å². The van der Waals surface area contributed by atoms with E-state index in [9.17, 15) is 13.2 Å². The molecule has 18 heavy (non-hydrogen) atoms. The SMILES string of the molecule is O=C(O)c1cc(S(=O)(=O)NCc2ccno2)c[nH]1. The number of aromatic amines is 1. The van der Waals surface area contributed by atoms with E-state index in [1.807, 2.05) is 0 Å². The molecule has 3 N–H and O–H groups in total. The highest BCUT2D eigenvalue weighted by Crippen LogP contribution is 2.11. The number of carboxylic acids is 1. The lowest BCUT2D eigenvalue weighted by Gasteiger charge is -2.01. The smallest absolute Gasteiger partial charge is 0.352 e. The first-order chi connectivity index (χ1) is 8.49. The van der Waals surface area contributed by atoms with E-state index in [-0.39, 0.29) is 17.1 Å². The maximum absolute atomic E-state index is 11.8. The van der Waals surface area contributed by atoms with Gasteiger partial charge in [0.1, 0.15) is 10.6 Å². The Morgan fingerprint density at radius 2 is 2.33 bits per heavy atom. The minimum absolute atomic E-state index is 0.0596. The Balaban J connectivity index is 2.12. The summed E-state index contributed by atoms with van der Waals surface area (Å²) in [6.45, 7) is -0.0596. The van der Waals surface area contributed by atoms with Gasteiger partial charge in [-0.2, -0.15) is 0 Å². The lowest BCUT2D eigenvalue weighted by molar-refractivity contribution is 0.0691. The molecule has 2 aromatic rings. The summed E-state index contributed by atoms with van der Waals surface area (Å²) >= 11 is 0. The molecular formula is C9H9N3O5S. The molecule has 0 aliphatic heterocycles. The third kappa shape index (κ3) is 2.57. The molecule has 0 saturated heterocycles. The highest BCUT2D eigenvalue weighted by Gasteiger charge is 2.18. The van der Waals surface area contributed by atoms with Gasteiger partial charge in [0.25, 0.3) is 0 Å². The first-order valence-corrected chi connectivity index (χ1v) is 6.28. The Bertz CT molecular complexity index is 644. The van der Waals surface area contributed by atoms with Crippen LogP contribution in [0.5, 0.6) is 0 Å². The highest BCUT2D eigenvalue weighted by atomic mass is 32.2. The fourth-order valence-corrected chi connectivity index (χ4v) is 2.22. The third-order valence-corrected chi connectivity index (χ3v) is 3.51. The van der Waals surface area contributed by atoms with Gasteiger partial charge in [-0.1, -0.05) is 5.16 Å². The molecule has 2 aromatic heterocycles. The van der Waals surface area contributed by atoms with Crippen molar-refractivity contribution in [2.45, 2.75) is 11.4 Å². The van der Waals surface area contributed by atoms with Gasteiger partial charge in [-0.15, -0.1) is 0 Å². The Morgan fingerprint density at radius 1 is 1.56 bits per heavy atom. The summed E-state index contributed by atoms with van der Waals surface area (Å²) in [4.78, 5) is 12.8. The summed E-state index contributed by atoms with van der Waals surface area (Å²) in [6, 6.07) is 2.55. The van der Waals surface area contributed by atoms with E-state index in [2.05, 4.69) is 14.9 Å². The zero-order valence-electron chi connectivity index (χ0n) is 8.95.